The third kappa shape index (κ3) is 3.12. The lowest BCUT2D eigenvalue weighted by Gasteiger charge is -2.09. The van der Waals surface area contributed by atoms with Crippen molar-refractivity contribution in [2.24, 2.45) is 0 Å². The van der Waals surface area contributed by atoms with Crippen LogP contribution >= 0.6 is 11.6 Å². The number of nitrogen functional groups attached to an aromatic ring is 1. The zero-order valence-corrected chi connectivity index (χ0v) is 10.3. The van der Waals surface area contributed by atoms with Gasteiger partial charge in [0, 0.05) is 22.7 Å². The first kappa shape index (κ1) is 13.5. The van der Waals surface area contributed by atoms with E-state index in [1.807, 2.05) is 0 Å². The quantitative estimate of drug-likeness (QED) is 0.869. The van der Waals surface area contributed by atoms with Crippen molar-refractivity contribution in [3.63, 3.8) is 0 Å². The minimum atomic E-state index is -0.800. The molecule has 0 spiro atoms. The molecule has 0 unspecified atom stereocenters. The number of anilines is 1. The molecule has 0 heterocycles. The van der Waals surface area contributed by atoms with Crippen LogP contribution in [0.25, 0.3) is 0 Å². The number of ether oxygens (including phenoxy) is 1. The number of rotatable bonds is 3. The third-order valence-corrected chi connectivity index (χ3v) is 2.81. The van der Waals surface area contributed by atoms with E-state index in [1.54, 1.807) is 0 Å². The van der Waals surface area contributed by atoms with E-state index in [-0.39, 0.29) is 23.1 Å². The van der Waals surface area contributed by atoms with Crippen molar-refractivity contribution < 1.29 is 17.9 Å². The molecule has 0 saturated heterocycles. The summed E-state index contributed by atoms with van der Waals surface area (Å²) in [5.41, 5.74) is 5.22. The van der Waals surface area contributed by atoms with E-state index in [9.17, 15) is 13.2 Å². The average molecular weight is 288 g/mol. The third-order valence-electron chi connectivity index (χ3n) is 2.44. The lowest BCUT2D eigenvalue weighted by Crippen LogP contribution is -2.01. The summed E-state index contributed by atoms with van der Waals surface area (Å²) in [5, 5.41) is 0.276. The Morgan fingerprint density at radius 2 is 1.79 bits per heavy atom. The van der Waals surface area contributed by atoms with Gasteiger partial charge < -0.3 is 10.5 Å². The maximum atomic E-state index is 13.4. The Morgan fingerprint density at radius 1 is 1.05 bits per heavy atom. The van der Waals surface area contributed by atoms with Gasteiger partial charge in [-0.1, -0.05) is 11.6 Å². The summed E-state index contributed by atoms with van der Waals surface area (Å²) in [6.07, 6.45) is 0. The molecule has 6 heteroatoms. The molecule has 2 rings (SSSR count). The molecule has 0 atom stereocenters. The second kappa shape index (κ2) is 5.40. The van der Waals surface area contributed by atoms with Crippen LogP contribution in [0.15, 0.2) is 30.3 Å². The molecular formula is C13H9ClF3NO. The van der Waals surface area contributed by atoms with E-state index < -0.39 is 17.5 Å². The van der Waals surface area contributed by atoms with Crippen LogP contribution < -0.4 is 10.5 Å². The highest BCUT2D eigenvalue weighted by Gasteiger charge is 2.10. The molecule has 100 valence electrons. The Kier molecular flexibility index (Phi) is 3.85. The van der Waals surface area contributed by atoms with Crippen LogP contribution in [0.4, 0.5) is 18.9 Å². The SMILES string of the molecule is Nc1cc(F)c(OCc2cc(F)ccc2Cl)cc1F. The van der Waals surface area contributed by atoms with Crippen LogP contribution in [0.1, 0.15) is 5.56 Å². The van der Waals surface area contributed by atoms with Gasteiger partial charge in [0.25, 0.3) is 0 Å². The summed E-state index contributed by atoms with van der Waals surface area (Å²) in [6.45, 7) is -0.184. The summed E-state index contributed by atoms with van der Waals surface area (Å²) in [7, 11) is 0. The summed E-state index contributed by atoms with van der Waals surface area (Å²) >= 11 is 5.82. The Bertz CT molecular complexity index is 619. The van der Waals surface area contributed by atoms with Crippen LogP contribution in [-0.2, 0) is 6.61 Å². The van der Waals surface area contributed by atoms with Crippen molar-refractivity contribution in [2.45, 2.75) is 6.61 Å². The number of nitrogens with two attached hydrogens (primary N) is 1. The number of hydrogen-bond acceptors (Lipinski definition) is 2. The van der Waals surface area contributed by atoms with Crippen LogP contribution in [-0.4, -0.2) is 0 Å². The van der Waals surface area contributed by atoms with Gasteiger partial charge in [0.1, 0.15) is 18.2 Å². The van der Waals surface area contributed by atoms with Crippen molar-refractivity contribution >= 4 is 17.3 Å². The van der Waals surface area contributed by atoms with Gasteiger partial charge >= 0.3 is 0 Å². The fraction of sp³-hybridized carbons (Fsp3) is 0.0769. The highest BCUT2D eigenvalue weighted by Crippen LogP contribution is 2.25. The zero-order chi connectivity index (χ0) is 14.0. The molecule has 0 fully saturated rings. The van der Waals surface area contributed by atoms with Crippen molar-refractivity contribution in [3.8, 4) is 5.75 Å². The Balaban J connectivity index is 2.19. The van der Waals surface area contributed by atoms with Crippen LogP contribution in [0, 0.1) is 17.5 Å². The summed E-state index contributed by atoms with van der Waals surface area (Å²) in [5.74, 6) is -2.40. The molecule has 2 aromatic carbocycles. The minimum absolute atomic E-state index is 0.184. The molecule has 0 radical (unpaired) electrons. The topological polar surface area (TPSA) is 35.2 Å². The summed E-state index contributed by atoms with van der Waals surface area (Å²) < 4.78 is 44.7. The van der Waals surface area contributed by atoms with Crippen molar-refractivity contribution in [1.82, 2.24) is 0 Å². The summed E-state index contributed by atoms with van der Waals surface area (Å²) in [6, 6.07) is 5.36. The average Bonchev–Trinajstić information content (AvgIpc) is 2.36. The number of hydrogen-bond donors (Lipinski definition) is 1. The Hall–Kier alpha value is -1.88. The molecule has 2 nitrogen and oxygen atoms in total. The summed E-state index contributed by atoms with van der Waals surface area (Å²) in [4.78, 5) is 0. The largest absolute Gasteiger partial charge is 0.486 e. The van der Waals surface area contributed by atoms with Crippen LogP contribution in [0.3, 0.4) is 0 Å². The first-order chi connectivity index (χ1) is 8.97. The van der Waals surface area contributed by atoms with Crippen molar-refractivity contribution in [3.05, 3.63) is 58.4 Å². The van der Waals surface area contributed by atoms with Crippen LogP contribution in [0.2, 0.25) is 5.02 Å². The molecule has 2 aromatic rings. The lowest BCUT2D eigenvalue weighted by atomic mass is 10.2. The van der Waals surface area contributed by atoms with Gasteiger partial charge in [-0.25, -0.2) is 13.2 Å². The minimum Gasteiger partial charge on any atom is -0.486 e. The normalized spacial score (nSPS) is 10.5. The maximum Gasteiger partial charge on any atom is 0.167 e. The molecule has 0 aliphatic rings. The number of benzene rings is 2. The van der Waals surface area contributed by atoms with Gasteiger partial charge in [0.2, 0.25) is 0 Å². The van der Waals surface area contributed by atoms with Gasteiger partial charge in [0.15, 0.2) is 11.6 Å². The molecule has 0 amide bonds. The van der Waals surface area contributed by atoms with Gasteiger partial charge in [-0.05, 0) is 18.2 Å². The van der Waals surface area contributed by atoms with E-state index in [0.29, 0.717) is 5.56 Å². The van der Waals surface area contributed by atoms with Crippen molar-refractivity contribution in [2.75, 3.05) is 5.73 Å². The van der Waals surface area contributed by atoms with E-state index in [4.69, 9.17) is 22.1 Å². The zero-order valence-electron chi connectivity index (χ0n) is 9.59. The first-order valence-electron chi connectivity index (χ1n) is 5.28. The van der Waals surface area contributed by atoms with E-state index in [0.717, 1.165) is 18.2 Å². The highest BCUT2D eigenvalue weighted by molar-refractivity contribution is 6.31. The first-order valence-corrected chi connectivity index (χ1v) is 5.66. The van der Waals surface area contributed by atoms with Gasteiger partial charge in [-0.15, -0.1) is 0 Å². The molecule has 0 saturated carbocycles. The smallest absolute Gasteiger partial charge is 0.167 e. The van der Waals surface area contributed by atoms with E-state index in [1.165, 1.54) is 12.1 Å². The molecule has 0 aliphatic carbocycles. The van der Waals surface area contributed by atoms with E-state index in [2.05, 4.69) is 0 Å². The molecule has 0 bridgehead atoms. The molecule has 2 N–H and O–H groups in total. The standard InChI is InChI=1S/C13H9ClF3NO/c14-9-2-1-8(15)3-7(9)6-19-13-5-10(16)12(18)4-11(13)17/h1-5H,6,18H2. The van der Waals surface area contributed by atoms with E-state index >= 15 is 0 Å². The predicted octanol–water partition coefficient (Wildman–Crippen LogP) is 3.92. The Labute approximate surface area is 112 Å². The Morgan fingerprint density at radius 3 is 2.53 bits per heavy atom. The van der Waals surface area contributed by atoms with Crippen LogP contribution in [0.5, 0.6) is 5.75 Å². The monoisotopic (exact) mass is 287 g/mol. The van der Waals surface area contributed by atoms with Gasteiger partial charge in [0.05, 0.1) is 5.69 Å². The fourth-order valence-corrected chi connectivity index (χ4v) is 1.64. The fourth-order valence-electron chi connectivity index (χ4n) is 1.46. The second-order valence-corrected chi connectivity index (χ2v) is 4.24. The molecule has 0 aromatic heterocycles. The van der Waals surface area contributed by atoms with Gasteiger partial charge in [-0.2, -0.15) is 0 Å². The molecule has 19 heavy (non-hydrogen) atoms. The lowest BCUT2D eigenvalue weighted by molar-refractivity contribution is 0.288. The van der Waals surface area contributed by atoms with Crippen molar-refractivity contribution in [1.29, 1.82) is 0 Å². The van der Waals surface area contributed by atoms with Gasteiger partial charge in [-0.3, -0.25) is 0 Å². The predicted molar refractivity (Wildman–Crippen MR) is 66.5 cm³/mol. The molecule has 0 aliphatic heterocycles. The maximum absolute atomic E-state index is 13.4. The number of halogens is 4. The molecular weight excluding hydrogens is 279 g/mol. The second-order valence-electron chi connectivity index (χ2n) is 3.83. The highest BCUT2D eigenvalue weighted by atomic mass is 35.5.